The molecule has 112 valence electrons. The molecule has 1 saturated carbocycles. The van der Waals surface area contributed by atoms with E-state index < -0.39 is 0 Å². The molecule has 1 saturated heterocycles. The maximum Gasteiger partial charge on any atom is 0.0630 e. The van der Waals surface area contributed by atoms with E-state index in [-0.39, 0.29) is 0 Å². The van der Waals surface area contributed by atoms with Crippen LogP contribution in [0.1, 0.15) is 25.7 Å². The average Bonchev–Trinajstić information content (AvgIpc) is 3.19. The van der Waals surface area contributed by atoms with Gasteiger partial charge in [-0.1, -0.05) is 0 Å². The molecule has 1 heterocycles. The molecule has 2 rings (SSSR count). The van der Waals surface area contributed by atoms with Gasteiger partial charge in [0.15, 0.2) is 0 Å². The summed E-state index contributed by atoms with van der Waals surface area (Å²) in [7, 11) is 6.18. The van der Waals surface area contributed by atoms with Crippen LogP contribution >= 0.6 is 0 Å². The van der Waals surface area contributed by atoms with E-state index in [1.807, 2.05) is 7.11 Å². The van der Waals surface area contributed by atoms with Gasteiger partial charge >= 0.3 is 0 Å². The maximum atomic E-state index is 5.41. The molecular formula is C15H31N3O. The second-order valence-electron chi connectivity index (χ2n) is 6.53. The molecule has 1 aliphatic heterocycles. The lowest BCUT2D eigenvalue weighted by molar-refractivity contribution is 0.0603. The number of methoxy groups -OCH3 is 1. The third-order valence-corrected chi connectivity index (χ3v) is 4.37. The van der Waals surface area contributed by atoms with E-state index in [0.29, 0.717) is 6.04 Å². The van der Waals surface area contributed by atoms with Crippen molar-refractivity contribution in [3.63, 3.8) is 0 Å². The predicted octanol–water partition coefficient (Wildman–Crippen LogP) is 1.03. The summed E-state index contributed by atoms with van der Waals surface area (Å²) in [6.45, 7) is 5.66. The molecule has 2 fully saturated rings. The summed E-state index contributed by atoms with van der Waals surface area (Å²) in [5.41, 5.74) is 0. The number of nitrogens with one attached hydrogen (secondary N) is 1. The van der Waals surface area contributed by atoms with Crippen molar-refractivity contribution in [1.29, 1.82) is 0 Å². The summed E-state index contributed by atoms with van der Waals surface area (Å²) >= 11 is 0. The highest BCUT2D eigenvalue weighted by Crippen LogP contribution is 2.21. The zero-order valence-electron chi connectivity index (χ0n) is 12.9. The molecule has 4 heteroatoms. The molecule has 1 aliphatic carbocycles. The van der Waals surface area contributed by atoms with E-state index in [0.717, 1.165) is 25.1 Å². The van der Waals surface area contributed by atoms with Crippen LogP contribution in [0.4, 0.5) is 0 Å². The molecule has 1 atom stereocenters. The van der Waals surface area contributed by atoms with Crippen LogP contribution < -0.4 is 5.32 Å². The van der Waals surface area contributed by atoms with Crippen molar-refractivity contribution in [3.8, 4) is 0 Å². The number of rotatable bonds is 8. The zero-order chi connectivity index (χ0) is 13.7. The molecule has 0 spiro atoms. The van der Waals surface area contributed by atoms with Crippen molar-refractivity contribution in [2.45, 2.75) is 37.8 Å². The van der Waals surface area contributed by atoms with E-state index in [1.165, 1.54) is 45.3 Å². The Labute approximate surface area is 118 Å². The molecular weight excluding hydrogens is 238 g/mol. The van der Waals surface area contributed by atoms with Gasteiger partial charge in [-0.25, -0.2) is 0 Å². The first-order valence-corrected chi connectivity index (χ1v) is 7.80. The molecule has 0 aromatic rings. The number of hydrogen-bond donors (Lipinski definition) is 1. The summed E-state index contributed by atoms with van der Waals surface area (Å²) in [5, 5.41) is 3.65. The van der Waals surface area contributed by atoms with Crippen molar-refractivity contribution in [2.75, 3.05) is 54.0 Å². The van der Waals surface area contributed by atoms with Gasteiger partial charge in [-0.05, 0) is 58.8 Å². The Morgan fingerprint density at radius 1 is 1.21 bits per heavy atom. The first-order chi connectivity index (χ1) is 9.19. The van der Waals surface area contributed by atoms with Gasteiger partial charge < -0.3 is 15.0 Å². The lowest BCUT2D eigenvalue weighted by atomic mass is 9.95. The Kier molecular flexibility index (Phi) is 6.07. The second-order valence-corrected chi connectivity index (χ2v) is 6.53. The van der Waals surface area contributed by atoms with Gasteiger partial charge in [-0.15, -0.1) is 0 Å². The Morgan fingerprint density at radius 3 is 2.42 bits per heavy atom. The van der Waals surface area contributed by atoms with E-state index in [4.69, 9.17) is 4.74 Å². The van der Waals surface area contributed by atoms with E-state index >= 15 is 0 Å². The normalized spacial score (nSPS) is 24.0. The number of likely N-dealkylation sites (tertiary alicyclic amines) is 1. The standard InChI is InChI=1S/C15H31N3O/c1-17(2)11-13-6-8-18(9-7-13)15(12-19-3)10-16-14-4-5-14/h13-16H,4-12H2,1-3H3. The third kappa shape index (κ3) is 5.38. The van der Waals surface area contributed by atoms with E-state index in [9.17, 15) is 0 Å². The van der Waals surface area contributed by atoms with Crippen molar-refractivity contribution in [3.05, 3.63) is 0 Å². The van der Waals surface area contributed by atoms with Gasteiger partial charge in [-0.3, -0.25) is 4.90 Å². The number of nitrogens with zero attached hydrogens (tertiary/aromatic N) is 2. The van der Waals surface area contributed by atoms with E-state index in [1.54, 1.807) is 0 Å². The number of ether oxygens (including phenoxy) is 1. The molecule has 0 bridgehead atoms. The lowest BCUT2D eigenvalue weighted by Gasteiger charge is -2.38. The Bertz CT molecular complexity index is 248. The van der Waals surface area contributed by atoms with Crippen LogP contribution in [0.5, 0.6) is 0 Å². The monoisotopic (exact) mass is 269 g/mol. The average molecular weight is 269 g/mol. The van der Waals surface area contributed by atoms with Crippen molar-refractivity contribution in [1.82, 2.24) is 15.1 Å². The quantitative estimate of drug-likeness (QED) is 0.712. The molecule has 0 aromatic carbocycles. The molecule has 4 nitrogen and oxygen atoms in total. The smallest absolute Gasteiger partial charge is 0.0630 e. The highest BCUT2D eigenvalue weighted by Gasteiger charge is 2.27. The van der Waals surface area contributed by atoms with Crippen LogP contribution in [0.2, 0.25) is 0 Å². The Hall–Kier alpha value is -0.160. The van der Waals surface area contributed by atoms with Crippen LogP contribution in [0.3, 0.4) is 0 Å². The van der Waals surface area contributed by atoms with Crippen LogP contribution in [0, 0.1) is 5.92 Å². The Morgan fingerprint density at radius 2 is 1.89 bits per heavy atom. The highest BCUT2D eigenvalue weighted by atomic mass is 16.5. The number of hydrogen-bond acceptors (Lipinski definition) is 4. The molecule has 1 unspecified atom stereocenters. The fraction of sp³-hybridized carbons (Fsp3) is 1.00. The molecule has 19 heavy (non-hydrogen) atoms. The van der Waals surface area contributed by atoms with Gasteiger partial charge in [0.05, 0.1) is 6.61 Å². The van der Waals surface area contributed by atoms with E-state index in [2.05, 4.69) is 29.2 Å². The van der Waals surface area contributed by atoms with Gasteiger partial charge in [0.1, 0.15) is 0 Å². The van der Waals surface area contributed by atoms with Gasteiger partial charge in [0, 0.05) is 32.3 Å². The van der Waals surface area contributed by atoms with Gasteiger partial charge in [-0.2, -0.15) is 0 Å². The van der Waals surface area contributed by atoms with Gasteiger partial charge in [0.2, 0.25) is 0 Å². The summed E-state index contributed by atoms with van der Waals surface area (Å²) in [6, 6.07) is 1.36. The fourth-order valence-corrected chi connectivity index (χ4v) is 3.09. The molecule has 2 aliphatic rings. The maximum absolute atomic E-state index is 5.41. The zero-order valence-corrected chi connectivity index (χ0v) is 12.9. The van der Waals surface area contributed by atoms with Crippen molar-refractivity contribution in [2.24, 2.45) is 5.92 Å². The largest absolute Gasteiger partial charge is 0.383 e. The van der Waals surface area contributed by atoms with Crippen LogP contribution in [0.25, 0.3) is 0 Å². The highest BCUT2D eigenvalue weighted by molar-refractivity contribution is 4.86. The minimum atomic E-state index is 0.561. The minimum absolute atomic E-state index is 0.561. The van der Waals surface area contributed by atoms with Crippen molar-refractivity contribution >= 4 is 0 Å². The van der Waals surface area contributed by atoms with Crippen molar-refractivity contribution < 1.29 is 4.74 Å². The number of piperidine rings is 1. The van der Waals surface area contributed by atoms with Crippen LogP contribution in [0.15, 0.2) is 0 Å². The first-order valence-electron chi connectivity index (χ1n) is 7.80. The summed E-state index contributed by atoms with van der Waals surface area (Å²) in [5.74, 6) is 0.880. The SMILES string of the molecule is COCC(CNC1CC1)N1CCC(CN(C)C)CC1. The van der Waals surface area contributed by atoms with Crippen LogP contribution in [-0.2, 0) is 4.74 Å². The molecule has 0 amide bonds. The van der Waals surface area contributed by atoms with Crippen LogP contribution in [-0.4, -0.2) is 75.9 Å². The Balaban J connectivity index is 1.72. The second kappa shape index (κ2) is 7.58. The third-order valence-electron chi connectivity index (χ3n) is 4.37. The summed E-state index contributed by atoms with van der Waals surface area (Å²) in [4.78, 5) is 4.95. The molecule has 0 aromatic heterocycles. The lowest BCUT2D eigenvalue weighted by Crippen LogP contribution is -2.49. The summed E-state index contributed by atoms with van der Waals surface area (Å²) in [6.07, 6.45) is 5.40. The molecule has 1 N–H and O–H groups in total. The topological polar surface area (TPSA) is 27.7 Å². The minimum Gasteiger partial charge on any atom is -0.383 e. The fourth-order valence-electron chi connectivity index (χ4n) is 3.09. The first kappa shape index (κ1) is 15.2. The molecule has 0 radical (unpaired) electrons. The van der Waals surface area contributed by atoms with Gasteiger partial charge in [0.25, 0.3) is 0 Å². The predicted molar refractivity (Wildman–Crippen MR) is 79.5 cm³/mol. The summed E-state index contributed by atoms with van der Waals surface area (Å²) < 4.78 is 5.41.